The Hall–Kier alpha value is -2.24. The number of amides is 1. The fraction of sp³-hybridized carbons (Fsp3) is 0.333. The summed E-state index contributed by atoms with van der Waals surface area (Å²) in [6.45, 7) is 0.559. The van der Waals surface area contributed by atoms with Crippen molar-refractivity contribution in [2.45, 2.75) is 12.8 Å². The van der Waals surface area contributed by atoms with Gasteiger partial charge in [-0.15, -0.1) is 0 Å². The number of carbonyl (C=O) groups is 2. The van der Waals surface area contributed by atoms with E-state index in [9.17, 15) is 9.59 Å². The van der Waals surface area contributed by atoms with Gasteiger partial charge in [-0.05, 0) is 34.9 Å². The van der Waals surface area contributed by atoms with E-state index >= 15 is 0 Å². The van der Waals surface area contributed by atoms with Gasteiger partial charge in [-0.1, -0.05) is 0 Å². The Morgan fingerprint density at radius 2 is 2.17 bits per heavy atom. The van der Waals surface area contributed by atoms with E-state index < -0.39 is 0 Å². The van der Waals surface area contributed by atoms with Gasteiger partial charge in [0.05, 0.1) is 0 Å². The van der Waals surface area contributed by atoms with Crippen LogP contribution in [0, 0.1) is 5.92 Å². The number of Topliss-reactive ketones (excluding diaryl/α,β-unsaturated/α-hetero) is 1. The number of rotatable bonds is 2. The van der Waals surface area contributed by atoms with Crippen molar-refractivity contribution in [3.63, 3.8) is 0 Å². The minimum atomic E-state index is -0.240. The fourth-order valence-corrected chi connectivity index (χ4v) is 2.18. The third-order valence-electron chi connectivity index (χ3n) is 3.16. The number of carbonyl (C=O) groups excluding carboxylic acids is 2. The third kappa shape index (κ3) is 1.85. The van der Waals surface area contributed by atoms with Crippen molar-refractivity contribution in [3.8, 4) is 0 Å². The van der Waals surface area contributed by atoms with Gasteiger partial charge in [0.2, 0.25) is 5.91 Å². The van der Waals surface area contributed by atoms with Gasteiger partial charge in [-0.2, -0.15) is 0 Å². The van der Waals surface area contributed by atoms with Crippen LogP contribution in [0.2, 0.25) is 0 Å². The summed E-state index contributed by atoms with van der Waals surface area (Å²) in [7, 11) is 0. The van der Waals surface area contributed by atoms with Crippen molar-refractivity contribution in [2.75, 3.05) is 6.54 Å². The molecule has 0 spiro atoms. The normalized spacial score (nSPS) is 19.8. The second kappa shape index (κ2) is 4.21. The fourth-order valence-electron chi connectivity index (χ4n) is 2.18. The molecule has 1 atom stereocenters. The summed E-state index contributed by atoms with van der Waals surface area (Å²) < 4.78 is 4.59. The zero-order valence-corrected chi connectivity index (χ0v) is 9.55. The summed E-state index contributed by atoms with van der Waals surface area (Å²) in [6.07, 6.45) is 0.938. The maximum absolute atomic E-state index is 12.3. The Morgan fingerprint density at radius 1 is 1.33 bits per heavy atom. The molecule has 1 saturated heterocycles. The first-order valence-electron chi connectivity index (χ1n) is 5.77. The van der Waals surface area contributed by atoms with E-state index in [0.717, 1.165) is 0 Å². The average Bonchev–Trinajstić information content (AvgIpc) is 2.85. The number of benzene rings is 1. The average molecular weight is 245 g/mol. The molecule has 1 aliphatic rings. The largest absolute Gasteiger partial charge is 0.356 e. The smallest absolute Gasteiger partial charge is 0.220 e. The van der Waals surface area contributed by atoms with Crippen LogP contribution < -0.4 is 5.32 Å². The van der Waals surface area contributed by atoms with Crippen LogP contribution in [0.25, 0.3) is 11.0 Å². The minimum absolute atomic E-state index is 0.0187. The zero-order valence-electron chi connectivity index (χ0n) is 9.55. The van der Waals surface area contributed by atoms with Gasteiger partial charge in [0.1, 0.15) is 11.0 Å². The molecule has 0 saturated carbocycles. The van der Waals surface area contributed by atoms with Crippen molar-refractivity contribution >= 4 is 22.7 Å². The molecule has 3 rings (SSSR count). The number of aromatic nitrogens is 2. The molecular weight excluding hydrogens is 234 g/mol. The number of fused-ring (bicyclic) bond motifs is 1. The summed E-state index contributed by atoms with van der Waals surface area (Å²) >= 11 is 0. The summed E-state index contributed by atoms with van der Waals surface area (Å²) in [6, 6.07) is 5.05. The number of nitrogens with one attached hydrogen (secondary N) is 1. The predicted octanol–water partition coefficient (Wildman–Crippen LogP) is 0.932. The lowest BCUT2D eigenvalue weighted by Crippen LogP contribution is -2.36. The van der Waals surface area contributed by atoms with Crippen LogP contribution in [0.4, 0.5) is 0 Å². The Bertz CT molecular complexity index is 620. The Morgan fingerprint density at radius 3 is 3.00 bits per heavy atom. The summed E-state index contributed by atoms with van der Waals surface area (Å²) in [5.74, 6) is -0.324. The van der Waals surface area contributed by atoms with Gasteiger partial charge >= 0.3 is 0 Å². The van der Waals surface area contributed by atoms with Crippen molar-refractivity contribution in [2.24, 2.45) is 5.92 Å². The molecule has 1 fully saturated rings. The topological polar surface area (TPSA) is 85.1 Å². The van der Waals surface area contributed by atoms with Gasteiger partial charge in [0.15, 0.2) is 5.78 Å². The molecule has 92 valence electrons. The van der Waals surface area contributed by atoms with Crippen LogP contribution >= 0.6 is 0 Å². The van der Waals surface area contributed by atoms with Crippen molar-refractivity contribution in [1.82, 2.24) is 15.6 Å². The van der Waals surface area contributed by atoms with Crippen molar-refractivity contribution in [3.05, 3.63) is 23.8 Å². The molecule has 6 nitrogen and oxygen atoms in total. The molecule has 1 aromatic heterocycles. The monoisotopic (exact) mass is 245 g/mol. The molecule has 1 aliphatic heterocycles. The van der Waals surface area contributed by atoms with Gasteiger partial charge in [0, 0.05) is 24.4 Å². The SMILES string of the molecule is O=C1CC(C(=O)c2ccc3nonc3c2)CCN1. The molecule has 1 N–H and O–H groups in total. The number of hydrogen-bond acceptors (Lipinski definition) is 5. The van der Waals surface area contributed by atoms with E-state index in [2.05, 4.69) is 20.3 Å². The van der Waals surface area contributed by atoms with E-state index in [4.69, 9.17) is 0 Å². The van der Waals surface area contributed by atoms with Crippen LogP contribution in [-0.4, -0.2) is 28.5 Å². The summed E-state index contributed by atoms with van der Waals surface area (Å²) in [4.78, 5) is 23.5. The zero-order chi connectivity index (χ0) is 12.5. The minimum Gasteiger partial charge on any atom is -0.356 e. The first kappa shape index (κ1) is 10.9. The van der Waals surface area contributed by atoms with Gasteiger partial charge < -0.3 is 5.32 Å². The summed E-state index contributed by atoms with van der Waals surface area (Å²) in [5, 5.41) is 10.1. The highest BCUT2D eigenvalue weighted by molar-refractivity contribution is 6.02. The highest BCUT2D eigenvalue weighted by Gasteiger charge is 2.26. The molecule has 18 heavy (non-hydrogen) atoms. The predicted molar refractivity (Wildman–Crippen MR) is 61.9 cm³/mol. The van der Waals surface area contributed by atoms with Gasteiger partial charge in [-0.3, -0.25) is 9.59 Å². The number of nitrogens with zero attached hydrogens (tertiary/aromatic N) is 2. The molecule has 0 aliphatic carbocycles. The second-order valence-electron chi connectivity index (χ2n) is 4.37. The van der Waals surface area contributed by atoms with Crippen molar-refractivity contribution < 1.29 is 14.2 Å². The quantitative estimate of drug-likeness (QED) is 0.795. The van der Waals surface area contributed by atoms with E-state index in [0.29, 0.717) is 29.6 Å². The van der Waals surface area contributed by atoms with E-state index in [1.165, 1.54) is 0 Å². The molecule has 0 bridgehead atoms. The van der Waals surface area contributed by atoms with Crippen LogP contribution in [-0.2, 0) is 4.79 Å². The lowest BCUT2D eigenvalue weighted by Gasteiger charge is -2.20. The molecule has 2 heterocycles. The molecule has 1 amide bonds. The van der Waals surface area contributed by atoms with Crippen LogP contribution in [0.1, 0.15) is 23.2 Å². The number of piperidine rings is 1. The van der Waals surface area contributed by atoms with Gasteiger partial charge in [0.25, 0.3) is 0 Å². The first-order chi connectivity index (χ1) is 8.74. The molecule has 1 aromatic carbocycles. The lowest BCUT2D eigenvalue weighted by atomic mass is 9.89. The first-order valence-corrected chi connectivity index (χ1v) is 5.77. The standard InChI is InChI=1S/C12H11N3O3/c16-11-6-8(3-4-13-11)12(17)7-1-2-9-10(5-7)15-18-14-9/h1-2,5,8H,3-4,6H2,(H,13,16). The Kier molecular flexibility index (Phi) is 2.55. The maximum Gasteiger partial charge on any atom is 0.220 e. The van der Waals surface area contributed by atoms with E-state index in [-0.39, 0.29) is 24.0 Å². The molecule has 0 radical (unpaired) electrons. The number of ketones is 1. The maximum atomic E-state index is 12.3. The Balaban J connectivity index is 1.88. The van der Waals surface area contributed by atoms with Crippen LogP contribution in [0.5, 0.6) is 0 Å². The van der Waals surface area contributed by atoms with Gasteiger partial charge in [-0.25, -0.2) is 4.63 Å². The highest BCUT2D eigenvalue weighted by Crippen LogP contribution is 2.20. The summed E-state index contributed by atoms with van der Waals surface area (Å²) in [5.41, 5.74) is 1.73. The van der Waals surface area contributed by atoms with Crippen LogP contribution in [0.3, 0.4) is 0 Å². The van der Waals surface area contributed by atoms with E-state index in [1.807, 2.05) is 0 Å². The third-order valence-corrected chi connectivity index (χ3v) is 3.16. The second-order valence-corrected chi connectivity index (χ2v) is 4.37. The molecule has 2 aromatic rings. The highest BCUT2D eigenvalue weighted by atomic mass is 16.6. The lowest BCUT2D eigenvalue weighted by molar-refractivity contribution is -0.123. The van der Waals surface area contributed by atoms with Crippen LogP contribution in [0.15, 0.2) is 22.8 Å². The Labute approximate surface area is 102 Å². The molecule has 6 heteroatoms. The molecule has 1 unspecified atom stereocenters. The van der Waals surface area contributed by atoms with Crippen molar-refractivity contribution in [1.29, 1.82) is 0 Å². The molecular formula is C12H11N3O3. The van der Waals surface area contributed by atoms with E-state index in [1.54, 1.807) is 18.2 Å². The number of hydrogen-bond donors (Lipinski definition) is 1.